The maximum absolute atomic E-state index is 12.3. The molecule has 0 atom stereocenters. The molecule has 9 heteroatoms. The summed E-state index contributed by atoms with van der Waals surface area (Å²) in [5, 5.41) is 15.0. The fraction of sp³-hybridized carbons (Fsp3) is 0.130. The normalized spacial score (nSPS) is 10.7. The van der Waals surface area contributed by atoms with E-state index >= 15 is 0 Å². The zero-order valence-electron chi connectivity index (χ0n) is 17.2. The van der Waals surface area contributed by atoms with Crippen molar-refractivity contribution in [2.24, 2.45) is 5.10 Å². The summed E-state index contributed by atoms with van der Waals surface area (Å²) < 4.78 is 12.3. The number of rotatable bonds is 9. The average Bonchev–Trinajstić information content (AvgIpc) is 2.79. The van der Waals surface area contributed by atoms with E-state index in [4.69, 9.17) is 9.47 Å². The molecule has 3 rings (SSSR count). The van der Waals surface area contributed by atoms with Gasteiger partial charge in [-0.1, -0.05) is 42.5 Å². The van der Waals surface area contributed by atoms with Crippen molar-refractivity contribution in [2.45, 2.75) is 13.5 Å². The first-order valence-electron chi connectivity index (χ1n) is 9.69. The van der Waals surface area contributed by atoms with Crippen LogP contribution in [0.25, 0.3) is 0 Å². The van der Waals surface area contributed by atoms with Crippen LogP contribution in [0, 0.1) is 10.1 Å². The average molecular weight is 498 g/mol. The highest BCUT2D eigenvalue weighted by Gasteiger charge is 2.18. The molecule has 0 fully saturated rings. The molecule has 0 aliphatic rings. The van der Waals surface area contributed by atoms with E-state index in [2.05, 4.69) is 26.5 Å². The number of carbonyl (C=O) groups excluding carboxylic acids is 1. The third kappa shape index (κ3) is 5.92. The molecule has 3 aromatic rings. The second-order valence-corrected chi connectivity index (χ2v) is 7.36. The van der Waals surface area contributed by atoms with Gasteiger partial charge in [-0.05, 0) is 52.2 Å². The van der Waals surface area contributed by atoms with Crippen LogP contribution in [-0.2, 0) is 6.61 Å². The number of amides is 1. The highest BCUT2D eigenvalue weighted by atomic mass is 79.9. The van der Waals surface area contributed by atoms with Crippen molar-refractivity contribution in [3.8, 4) is 11.5 Å². The summed E-state index contributed by atoms with van der Waals surface area (Å²) in [7, 11) is 0. The molecule has 8 nitrogen and oxygen atoms in total. The summed E-state index contributed by atoms with van der Waals surface area (Å²) >= 11 is 3.50. The zero-order valence-corrected chi connectivity index (χ0v) is 18.7. The first-order chi connectivity index (χ1) is 15.5. The van der Waals surface area contributed by atoms with Gasteiger partial charge in [0.2, 0.25) is 0 Å². The van der Waals surface area contributed by atoms with Gasteiger partial charge in [-0.3, -0.25) is 14.9 Å². The van der Waals surface area contributed by atoms with Crippen LogP contribution in [0.3, 0.4) is 0 Å². The van der Waals surface area contributed by atoms with E-state index in [9.17, 15) is 14.9 Å². The second kappa shape index (κ2) is 11.1. The van der Waals surface area contributed by atoms with Crippen LogP contribution in [0.2, 0.25) is 0 Å². The van der Waals surface area contributed by atoms with Crippen molar-refractivity contribution in [3.05, 3.63) is 98.0 Å². The standard InChI is InChI=1S/C23H20BrN3O5/c1-2-31-21-13-17(12-19(24)22(21)32-15-16-8-4-3-5-9-16)14-25-26-23(28)18-10-6-7-11-20(18)27(29)30/h3-14H,2,15H2,1H3,(H,26,28)/b25-14-. The maximum Gasteiger partial charge on any atom is 0.282 e. The fourth-order valence-corrected chi connectivity index (χ4v) is 3.42. The number of carbonyl (C=O) groups is 1. The number of benzene rings is 3. The Morgan fingerprint density at radius 1 is 1.12 bits per heavy atom. The first-order valence-corrected chi connectivity index (χ1v) is 10.5. The molecule has 164 valence electrons. The summed E-state index contributed by atoms with van der Waals surface area (Å²) in [6.07, 6.45) is 1.42. The summed E-state index contributed by atoms with van der Waals surface area (Å²) in [5.41, 5.74) is 3.60. The van der Waals surface area contributed by atoms with Gasteiger partial charge in [-0.2, -0.15) is 5.10 Å². The van der Waals surface area contributed by atoms with Crippen LogP contribution in [0.4, 0.5) is 5.69 Å². The van der Waals surface area contributed by atoms with Gasteiger partial charge in [-0.15, -0.1) is 0 Å². The van der Waals surface area contributed by atoms with Crippen molar-refractivity contribution < 1.29 is 19.2 Å². The third-order valence-corrected chi connectivity index (χ3v) is 4.87. The summed E-state index contributed by atoms with van der Waals surface area (Å²) in [6, 6.07) is 18.9. The van der Waals surface area contributed by atoms with Crippen LogP contribution >= 0.6 is 15.9 Å². The second-order valence-electron chi connectivity index (χ2n) is 6.51. The molecule has 0 heterocycles. The lowest BCUT2D eigenvalue weighted by Gasteiger charge is -2.14. The number of nitrogens with zero attached hydrogens (tertiary/aromatic N) is 2. The molecule has 1 N–H and O–H groups in total. The molecular formula is C23H20BrN3O5. The minimum atomic E-state index is -0.680. The zero-order chi connectivity index (χ0) is 22.9. The number of nitrogens with one attached hydrogen (secondary N) is 1. The Kier molecular flexibility index (Phi) is 7.93. The quantitative estimate of drug-likeness (QED) is 0.251. The molecule has 0 radical (unpaired) electrons. The predicted octanol–water partition coefficient (Wildman–Crippen LogP) is 5.10. The monoisotopic (exact) mass is 497 g/mol. The topological polar surface area (TPSA) is 103 Å². The number of ether oxygens (including phenoxy) is 2. The number of nitro benzene ring substituents is 1. The van der Waals surface area contributed by atoms with Gasteiger partial charge < -0.3 is 9.47 Å². The molecule has 0 bridgehead atoms. The van der Waals surface area contributed by atoms with E-state index in [1.807, 2.05) is 37.3 Å². The Hall–Kier alpha value is -3.72. The van der Waals surface area contributed by atoms with E-state index in [1.54, 1.807) is 18.2 Å². The van der Waals surface area contributed by atoms with E-state index in [-0.39, 0.29) is 11.3 Å². The number of para-hydroxylation sites is 1. The molecule has 1 amide bonds. The number of hydrogen-bond acceptors (Lipinski definition) is 6. The van der Waals surface area contributed by atoms with Crippen molar-refractivity contribution >= 4 is 33.7 Å². The fourth-order valence-electron chi connectivity index (χ4n) is 2.85. The predicted molar refractivity (Wildman–Crippen MR) is 124 cm³/mol. The SMILES string of the molecule is CCOc1cc(/C=N\NC(=O)c2ccccc2[N+](=O)[O-])cc(Br)c1OCc1ccccc1. The van der Waals surface area contributed by atoms with E-state index in [1.165, 1.54) is 24.4 Å². The minimum Gasteiger partial charge on any atom is -0.490 e. The lowest BCUT2D eigenvalue weighted by molar-refractivity contribution is -0.385. The number of hydrazone groups is 1. The van der Waals surface area contributed by atoms with Crippen LogP contribution in [0.1, 0.15) is 28.4 Å². The summed E-state index contributed by atoms with van der Waals surface area (Å²) in [5.74, 6) is 0.390. The molecule has 0 saturated heterocycles. The van der Waals surface area contributed by atoms with E-state index in [0.29, 0.717) is 34.7 Å². The Bertz CT molecular complexity index is 1140. The van der Waals surface area contributed by atoms with Crippen LogP contribution in [-0.4, -0.2) is 23.7 Å². The highest BCUT2D eigenvalue weighted by molar-refractivity contribution is 9.10. The van der Waals surface area contributed by atoms with Gasteiger partial charge in [-0.25, -0.2) is 5.43 Å². The van der Waals surface area contributed by atoms with Gasteiger partial charge in [0.15, 0.2) is 11.5 Å². The third-order valence-electron chi connectivity index (χ3n) is 4.28. The molecule has 32 heavy (non-hydrogen) atoms. The van der Waals surface area contributed by atoms with E-state index < -0.39 is 10.8 Å². The van der Waals surface area contributed by atoms with Crippen LogP contribution in [0.5, 0.6) is 11.5 Å². The number of hydrogen-bond donors (Lipinski definition) is 1. The van der Waals surface area contributed by atoms with Crippen molar-refractivity contribution in [2.75, 3.05) is 6.61 Å². The minimum absolute atomic E-state index is 0.0736. The van der Waals surface area contributed by atoms with Crippen molar-refractivity contribution in [3.63, 3.8) is 0 Å². The summed E-state index contributed by atoms with van der Waals surface area (Å²) in [6.45, 7) is 2.67. The Labute approximate surface area is 193 Å². The highest BCUT2D eigenvalue weighted by Crippen LogP contribution is 2.37. The maximum atomic E-state index is 12.3. The summed E-state index contributed by atoms with van der Waals surface area (Å²) in [4.78, 5) is 22.8. The van der Waals surface area contributed by atoms with Gasteiger partial charge in [0.1, 0.15) is 12.2 Å². The van der Waals surface area contributed by atoms with Crippen LogP contribution < -0.4 is 14.9 Å². The molecule has 0 unspecified atom stereocenters. The molecule has 0 spiro atoms. The van der Waals surface area contributed by atoms with Crippen molar-refractivity contribution in [1.29, 1.82) is 0 Å². The molecule has 0 aliphatic heterocycles. The number of nitro groups is 1. The largest absolute Gasteiger partial charge is 0.490 e. The number of halogens is 1. The van der Waals surface area contributed by atoms with Gasteiger partial charge >= 0.3 is 0 Å². The molecule has 0 aliphatic carbocycles. The van der Waals surface area contributed by atoms with Gasteiger partial charge in [0, 0.05) is 6.07 Å². The smallest absolute Gasteiger partial charge is 0.282 e. The molecule has 0 saturated carbocycles. The van der Waals surface area contributed by atoms with Gasteiger partial charge in [0.05, 0.1) is 22.2 Å². The lowest BCUT2D eigenvalue weighted by atomic mass is 10.2. The van der Waals surface area contributed by atoms with Crippen molar-refractivity contribution in [1.82, 2.24) is 5.43 Å². The Morgan fingerprint density at radius 3 is 2.56 bits per heavy atom. The lowest BCUT2D eigenvalue weighted by Crippen LogP contribution is -2.19. The Morgan fingerprint density at radius 2 is 1.84 bits per heavy atom. The van der Waals surface area contributed by atoms with E-state index in [0.717, 1.165) is 5.56 Å². The molecule has 0 aromatic heterocycles. The van der Waals surface area contributed by atoms with Gasteiger partial charge in [0.25, 0.3) is 11.6 Å². The molecule has 3 aromatic carbocycles. The Balaban J connectivity index is 1.74. The first kappa shape index (κ1) is 23.0. The van der Waals surface area contributed by atoms with Crippen LogP contribution in [0.15, 0.2) is 76.3 Å². The molecular weight excluding hydrogens is 478 g/mol.